The zero-order valence-corrected chi connectivity index (χ0v) is 12.7. The van der Waals surface area contributed by atoms with E-state index in [1.165, 1.54) is 11.3 Å². The predicted molar refractivity (Wildman–Crippen MR) is 81.5 cm³/mol. The normalized spacial score (nSPS) is 11.9. The average molecular weight is 339 g/mol. The summed E-state index contributed by atoms with van der Waals surface area (Å²) in [5.41, 5.74) is 2.50. The number of nitriles is 1. The van der Waals surface area contributed by atoms with Crippen molar-refractivity contribution in [3.8, 4) is 6.07 Å². The molecule has 0 amide bonds. The molecule has 0 fully saturated rings. The number of halogens is 2. The predicted octanol–water partition coefficient (Wildman–Crippen LogP) is 5.45. The molecule has 0 aliphatic carbocycles. The van der Waals surface area contributed by atoms with E-state index in [9.17, 15) is 5.26 Å². The van der Waals surface area contributed by atoms with Gasteiger partial charge in [0.05, 0.1) is 10.6 Å². The maximum absolute atomic E-state index is 9.26. The molecular formula is C14H9BrClNS. The monoisotopic (exact) mass is 337 g/mol. The summed E-state index contributed by atoms with van der Waals surface area (Å²) in [6.45, 7) is 2.01. The van der Waals surface area contributed by atoms with Crippen LogP contribution in [0.4, 0.5) is 0 Å². The van der Waals surface area contributed by atoms with Crippen LogP contribution in [0.2, 0.25) is 0 Å². The minimum Gasteiger partial charge on any atom is -0.192 e. The van der Waals surface area contributed by atoms with Crippen LogP contribution in [-0.4, -0.2) is 0 Å². The molecule has 0 saturated heterocycles. The van der Waals surface area contributed by atoms with Gasteiger partial charge in [0.2, 0.25) is 0 Å². The first-order chi connectivity index (χ1) is 8.63. The number of hydrogen-bond donors (Lipinski definition) is 0. The Hall–Kier alpha value is -1.08. The zero-order valence-electron chi connectivity index (χ0n) is 9.58. The fourth-order valence-corrected chi connectivity index (χ4v) is 2.93. The van der Waals surface area contributed by atoms with E-state index in [1.807, 2.05) is 42.6 Å². The Bertz CT molecular complexity index is 638. The Morgan fingerprint density at radius 1 is 1.39 bits per heavy atom. The minimum atomic E-state index is 0.487. The summed E-state index contributed by atoms with van der Waals surface area (Å²) < 4.78 is 0.988. The van der Waals surface area contributed by atoms with Gasteiger partial charge in [0.1, 0.15) is 6.07 Å². The zero-order chi connectivity index (χ0) is 13.1. The SMILES string of the molecule is Cc1ccc(/C(Cl)=C(/C#N)c2cccs2)cc1Br. The summed E-state index contributed by atoms with van der Waals surface area (Å²) in [5.74, 6) is 0. The van der Waals surface area contributed by atoms with Crippen molar-refractivity contribution in [3.63, 3.8) is 0 Å². The van der Waals surface area contributed by atoms with Gasteiger partial charge in [0.15, 0.2) is 0 Å². The summed E-state index contributed by atoms with van der Waals surface area (Å²) in [7, 11) is 0. The van der Waals surface area contributed by atoms with Gasteiger partial charge in [0.25, 0.3) is 0 Å². The summed E-state index contributed by atoms with van der Waals surface area (Å²) in [5, 5.41) is 11.7. The topological polar surface area (TPSA) is 23.8 Å². The minimum absolute atomic E-state index is 0.487. The lowest BCUT2D eigenvalue weighted by Gasteiger charge is -2.05. The highest BCUT2D eigenvalue weighted by Gasteiger charge is 2.11. The molecule has 0 saturated carbocycles. The molecule has 0 radical (unpaired) electrons. The van der Waals surface area contributed by atoms with E-state index in [2.05, 4.69) is 22.0 Å². The van der Waals surface area contributed by atoms with Crippen LogP contribution in [0, 0.1) is 18.3 Å². The van der Waals surface area contributed by atoms with E-state index in [1.54, 1.807) is 0 Å². The fourth-order valence-electron chi connectivity index (χ4n) is 1.51. The molecule has 0 aliphatic heterocycles. The third-order valence-corrected chi connectivity index (χ3v) is 4.67. The first kappa shape index (κ1) is 13.4. The summed E-state index contributed by atoms with van der Waals surface area (Å²) in [6, 6.07) is 11.8. The van der Waals surface area contributed by atoms with Gasteiger partial charge in [-0.1, -0.05) is 45.7 Å². The molecule has 0 atom stereocenters. The van der Waals surface area contributed by atoms with Crippen LogP contribution < -0.4 is 0 Å². The lowest BCUT2D eigenvalue weighted by atomic mass is 10.1. The lowest BCUT2D eigenvalue weighted by molar-refractivity contribution is 1.42. The first-order valence-electron chi connectivity index (χ1n) is 5.23. The first-order valence-corrected chi connectivity index (χ1v) is 7.29. The second-order valence-electron chi connectivity index (χ2n) is 3.74. The van der Waals surface area contributed by atoms with Crippen LogP contribution in [0.25, 0.3) is 10.6 Å². The van der Waals surface area contributed by atoms with E-state index in [-0.39, 0.29) is 0 Å². The molecule has 2 aromatic rings. The van der Waals surface area contributed by atoms with Crippen molar-refractivity contribution in [2.45, 2.75) is 6.92 Å². The van der Waals surface area contributed by atoms with Gasteiger partial charge in [-0.25, -0.2) is 0 Å². The maximum Gasteiger partial charge on any atom is 0.102 e. The van der Waals surface area contributed by atoms with E-state index in [0.29, 0.717) is 10.6 Å². The molecule has 0 N–H and O–H groups in total. The molecule has 2 rings (SSSR count). The smallest absolute Gasteiger partial charge is 0.102 e. The van der Waals surface area contributed by atoms with Crippen molar-refractivity contribution < 1.29 is 0 Å². The molecule has 0 unspecified atom stereocenters. The molecule has 4 heteroatoms. The average Bonchev–Trinajstić information content (AvgIpc) is 2.87. The van der Waals surface area contributed by atoms with Gasteiger partial charge in [-0.15, -0.1) is 11.3 Å². The second-order valence-corrected chi connectivity index (χ2v) is 5.92. The third-order valence-electron chi connectivity index (χ3n) is 2.52. The molecule has 18 heavy (non-hydrogen) atoms. The third kappa shape index (κ3) is 2.67. The molecule has 0 bridgehead atoms. The van der Waals surface area contributed by atoms with Crippen molar-refractivity contribution in [2.24, 2.45) is 0 Å². The van der Waals surface area contributed by atoms with Gasteiger partial charge in [-0.05, 0) is 35.6 Å². The van der Waals surface area contributed by atoms with Crippen LogP contribution in [0.15, 0.2) is 40.2 Å². The summed E-state index contributed by atoms with van der Waals surface area (Å²) in [6.07, 6.45) is 0. The van der Waals surface area contributed by atoms with Gasteiger partial charge >= 0.3 is 0 Å². The number of aryl methyl sites for hydroxylation is 1. The quantitative estimate of drug-likeness (QED) is 0.668. The molecule has 0 spiro atoms. The Labute approximate surface area is 123 Å². The number of benzene rings is 1. The van der Waals surface area contributed by atoms with Gasteiger partial charge in [0, 0.05) is 9.35 Å². The van der Waals surface area contributed by atoms with Gasteiger partial charge in [-0.2, -0.15) is 5.26 Å². The largest absolute Gasteiger partial charge is 0.192 e. The van der Waals surface area contributed by atoms with E-state index in [0.717, 1.165) is 20.5 Å². The molecule has 1 aromatic carbocycles. The highest BCUT2D eigenvalue weighted by Crippen LogP contribution is 2.33. The van der Waals surface area contributed by atoms with E-state index >= 15 is 0 Å². The van der Waals surface area contributed by atoms with Crippen LogP contribution in [0.1, 0.15) is 16.0 Å². The van der Waals surface area contributed by atoms with Crippen molar-refractivity contribution in [3.05, 3.63) is 56.2 Å². The number of hydrogen-bond acceptors (Lipinski definition) is 2. The van der Waals surface area contributed by atoms with Crippen LogP contribution >= 0.6 is 38.9 Å². The standard InChI is InChI=1S/C14H9BrClNS/c1-9-4-5-10(7-12(9)15)14(16)11(8-17)13-3-2-6-18-13/h2-7H,1H3/b14-11+. The molecule has 90 valence electrons. The maximum atomic E-state index is 9.26. The Morgan fingerprint density at radius 2 is 2.17 bits per heavy atom. The van der Waals surface area contributed by atoms with Crippen molar-refractivity contribution in [1.82, 2.24) is 0 Å². The molecular weight excluding hydrogens is 330 g/mol. The number of allylic oxidation sites excluding steroid dienone is 1. The van der Waals surface area contributed by atoms with Crippen LogP contribution in [-0.2, 0) is 0 Å². The Morgan fingerprint density at radius 3 is 2.72 bits per heavy atom. The van der Waals surface area contributed by atoms with Gasteiger partial charge < -0.3 is 0 Å². The van der Waals surface area contributed by atoms with Crippen LogP contribution in [0.5, 0.6) is 0 Å². The molecule has 0 aliphatic rings. The molecule has 1 aromatic heterocycles. The van der Waals surface area contributed by atoms with Crippen molar-refractivity contribution >= 4 is 49.5 Å². The molecule has 1 nitrogen and oxygen atoms in total. The highest BCUT2D eigenvalue weighted by atomic mass is 79.9. The van der Waals surface area contributed by atoms with Crippen molar-refractivity contribution in [2.75, 3.05) is 0 Å². The summed E-state index contributed by atoms with van der Waals surface area (Å²) in [4.78, 5) is 0.888. The highest BCUT2D eigenvalue weighted by molar-refractivity contribution is 9.10. The number of rotatable bonds is 2. The van der Waals surface area contributed by atoms with Crippen molar-refractivity contribution in [1.29, 1.82) is 5.26 Å². The number of thiophene rings is 1. The lowest BCUT2D eigenvalue weighted by Crippen LogP contribution is -1.85. The Balaban J connectivity index is 2.54. The van der Waals surface area contributed by atoms with E-state index < -0.39 is 0 Å². The van der Waals surface area contributed by atoms with E-state index in [4.69, 9.17) is 11.6 Å². The summed E-state index contributed by atoms with van der Waals surface area (Å²) >= 11 is 11.3. The fraction of sp³-hybridized carbons (Fsp3) is 0.0714. The second kappa shape index (κ2) is 5.71. The number of nitrogens with zero attached hydrogens (tertiary/aromatic N) is 1. The van der Waals surface area contributed by atoms with Crippen LogP contribution in [0.3, 0.4) is 0 Å². The Kier molecular flexibility index (Phi) is 4.23. The van der Waals surface area contributed by atoms with Gasteiger partial charge in [-0.3, -0.25) is 0 Å². The molecule has 1 heterocycles.